The summed E-state index contributed by atoms with van der Waals surface area (Å²) in [4.78, 5) is 16.7. The Balaban J connectivity index is 1.59. The van der Waals surface area contributed by atoms with Gasteiger partial charge in [-0.15, -0.1) is 0 Å². The molecular weight excluding hydrogens is 436 g/mol. The lowest BCUT2D eigenvalue weighted by Crippen LogP contribution is -2.40. The smallest absolute Gasteiger partial charge is 0.279 e. The minimum absolute atomic E-state index is 0.0654. The first-order valence-corrected chi connectivity index (χ1v) is 10.5. The lowest BCUT2D eigenvalue weighted by atomic mass is 9.73. The highest BCUT2D eigenvalue weighted by atomic mass is 79.9. The molecule has 2 aromatic rings. The summed E-state index contributed by atoms with van der Waals surface area (Å²) in [7, 11) is 0. The number of carbonyl (C=O) groups excluding carboxylic acids is 1. The quantitative estimate of drug-likeness (QED) is 0.472. The summed E-state index contributed by atoms with van der Waals surface area (Å²) in [6, 6.07) is 8.83. The topological polar surface area (TPSA) is 110 Å². The van der Waals surface area contributed by atoms with Crippen LogP contribution in [0.5, 0.6) is 5.75 Å². The fourth-order valence-electron chi connectivity index (χ4n) is 4.25. The maximum absolute atomic E-state index is 12.5. The van der Waals surface area contributed by atoms with Crippen molar-refractivity contribution in [3.05, 3.63) is 52.3 Å². The number of carbonyl (C=O) groups is 1. The van der Waals surface area contributed by atoms with Crippen LogP contribution in [0.4, 0.5) is 5.69 Å². The predicted octanol–water partition coefficient (Wildman–Crippen LogP) is 4.04. The Bertz CT molecular complexity index is 919. The highest BCUT2D eigenvalue weighted by Crippen LogP contribution is 2.46. The van der Waals surface area contributed by atoms with Crippen molar-refractivity contribution in [2.45, 2.75) is 37.7 Å². The second kappa shape index (κ2) is 8.41. The predicted molar refractivity (Wildman–Crippen MR) is 113 cm³/mol. The van der Waals surface area contributed by atoms with Crippen LogP contribution in [0.25, 0.3) is 0 Å². The number of aromatic nitrogens is 1. The molecule has 1 amide bonds. The molecule has 1 aromatic heterocycles. The molecule has 0 saturated heterocycles. The van der Waals surface area contributed by atoms with Gasteiger partial charge in [-0.1, -0.05) is 6.42 Å². The van der Waals surface area contributed by atoms with E-state index < -0.39 is 0 Å². The summed E-state index contributed by atoms with van der Waals surface area (Å²) < 4.78 is 12.5. The van der Waals surface area contributed by atoms with Gasteiger partial charge in [0, 0.05) is 33.8 Å². The number of pyridine rings is 1. The Morgan fingerprint density at radius 3 is 2.90 bits per heavy atom. The molecule has 3 atom stereocenters. The van der Waals surface area contributed by atoms with E-state index in [4.69, 9.17) is 20.6 Å². The largest absolute Gasteiger partial charge is 0.490 e. The van der Waals surface area contributed by atoms with Crippen molar-refractivity contribution in [3.8, 4) is 5.75 Å². The molecular formula is C21H23BrN4O3. The fourth-order valence-corrected chi connectivity index (χ4v) is 4.48. The summed E-state index contributed by atoms with van der Waals surface area (Å²) in [6.07, 6.45) is 6.13. The monoisotopic (exact) mass is 458 g/mol. The molecule has 0 bridgehead atoms. The molecule has 2 unspecified atom stereocenters. The number of nitrogens with zero attached hydrogens (tertiary/aromatic N) is 1. The van der Waals surface area contributed by atoms with E-state index in [1.807, 2.05) is 18.2 Å². The second-order valence-electron chi connectivity index (χ2n) is 7.45. The SMILES string of the molecule is N=C(N)OCC1c2cc(NC(=O)c3ccc(Br)cn3)ccc2OC2CCCC[C@H]21. The second-order valence-corrected chi connectivity index (χ2v) is 8.37. The summed E-state index contributed by atoms with van der Waals surface area (Å²) in [5.41, 5.74) is 7.42. The minimum atomic E-state index is -0.281. The van der Waals surface area contributed by atoms with Crippen molar-refractivity contribution in [3.63, 3.8) is 0 Å². The van der Waals surface area contributed by atoms with Crippen molar-refractivity contribution in [2.24, 2.45) is 11.7 Å². The first-order chi connectivity index (χ1) is 14.0. The molecule has 1 saturated carbocycles. The van der Waals surface area contributed by atoms with Crippen LogP contribution in [0.3, 0.4) is 0 Å². The minimum Gasteiger partial charge on any atom is -0.490 e. The Kier molecular flexibility index (Phi) is 5.71. The number of nitrogens with two attached hydrogens (primary N) is 1. The van der Waals surface area contributed by atoms with E-state index >= 15 is 0 Å². The number of ether oxygens (including phenoxy) is 2. The summed E-state index contributed by atoms with van der Waals surface area (Å²) in [6.45, 7) is 0.332. The highest BCUT2D eigenvalue weighted by Gasteiger charge is 2.40. The van der Waals surface area contributed by atoms with Gasteiger partial charge in [0.05, 0.1) is 6.61 Å². The Labute approximate surface area is 177 Å². The highest BCUT2D eigenvalue weighted by molar-refractivity contribution is 9.10. The summed E-state index contributed by atoms with van der Waals surface area (Å²) in [5, 5.41) is 10.3. The van der Waals surface area contributed by atoms with Gasteiger partial charge in [-0.05, 0) is 65.5 Å². The van der Waals surface area contributed by atoms with E-state index in [9.17, 15) is 4.79 Å². The zero-order valence-corrected chi connectivity index (χ0v) is 17.4. The summed E-state index contributed by atoms with van der Waals surface area (Å²) in [5.74, 6) is 0.914. The molecule has 2 heterocycles. The Morgan fingerprint density at radius 2 is 2.14 bits per heavy atom. The van der Waals surface area contributed by atoms with Crippen molar-refractivity contribution >= 4 is 33.5 Å². The lowest BCUT2D eigenvalue weighted by molar-refractivity contribution is 0.0403. The molecule has 4 rings (SSSR count). The maximum atomic E-state index is 12.5. The van der Waals surface area contributed by atoms with E-state index in [0.29, 0.717) is 23.9 Å². The van der Waals surface area contributed by atoms with Crippen molar-refractivity contribution in [1.29, 1.82) is 5.41 Å². The van der Waals surface area contributed by atoms with Crippen molar-refractivity contribution < 1.29 is 14.3 Å². The van der Waals surface area contributed by atoms with E-state index in [1.54, 1.807) is 18.3 Å². The molecule has 1 aromatic carbocycles. The molecule has 7 nitrogen and oxygen atoms in total. The average molecular weight is 459 g/mol. The van der Waals surface area contributed by atoms with Crippen LogP contribution in [0.15, 0.2) is 41.0 Å². The van der Waals surface area contributed by atoms with Crippen LogP contribution in [-0.4, -0.2) is 29.6 Å². The molecule has 0 spiro atoms. The molecule has 152 valence electrons. The van der Waals surface area contributed by atoms with Gasteiger partial charge in [-0.25, -0.2) is 4.98 Å². The number of benzene rings is 1. The number of fused-ring (bicyclic) bond motifs is 2. The lowest BCUT2D eigenvalue weighted by Gasteiger charge is -2.42. The number of halogens is 1. The number of hydrogen-bond donors (Lipinski definition) is 3. The molecule has 2 aliphatic rings. The number of amidine groups is 1. The fraction of sp³-hybridized carbons (Fsp3) is 0.381. The number of amides is 1. The maximum Gasteiger partial charge on any atom is 0.279 e. The Morgan fingerprint density at radius 1 is 1.31 bits per heavy atom. The third-order valence-electron chi connectivity index (χ3n) is 5.59. The molecule has 1 aliphatic heterocycles. The van der Waals surface area contributed by atoms with Gasteiger partial charge in [0.1, 0.15) is 17.5 Å². The van der Waals surface area contributed by atoms with Crippen LogP contribution in [0, 0.1) is 11.3 Å². The number of rotatable bonds is 4. The van der Waals surface area contributed by atoms with E-state index in [-0.39, 0.29) is 24.0 Å². The third-order valence-corrected chi connectivity index (χ3v) is 6.06. The number of anilines is 1. The van der Waals surface area contributed by atoms with Crippen LogP contribution >= 0.6 is 15.9 Å². The zero-order valence-electron chi connectivity index (χ0n) is 15.9. The normalized spacial score (nSPS) is 22.6. The Hall–Kier alpha value is -2.61. The molecule has 4 N–H and O–H groups in total. The van der Waals surface area contributed by atoms with Gasteiger partial charge in [-0.3, -0.25) is 10.2 Å². The van der Waals surface area contributed by atoms with Crippen molar-refractivity contribution in [1.82, 2.24) is 4.98 Å². The van der Waals surface area contributed by atoms with Crippen molar-refractivity contribution in [2.75, 3.05) is 11.9 Å². The first-order valence-electron chi connectivity index (χ1n) is 9.71. The number of hydrogen-bond acceptors (Lipinski definition) is 5. The zero-order chi connectivity index (χ0) is 20.4. The average Bonchev–Trinajstić information content (AvgIpc) is 2.71. The molecule has 29 heavy (non-hydrogen) atoms. The van der Waals surface area contributed by atoms with Gasteiger partial charge in [0.15, 0.2) is 0 Å². The van der Waals surface area contributed by atoms with Gasteiger partial charge in [0.25, 0.3) is 11.9 Å². The molecule has 0 radical (unpaired) electrons. The van der Waals surface area contributed by atoms with Crippen LogP contribution in [0.1, 0.15) is 47.7 Å². The van der Waals surface area contributed by atoms with Gasteiger partial charge >= 0.3 is 0 Å². The molecule has 8 heteroatoms. The van der Waals surface area contributed by atoms with Gasteiger partial charge in [-0.2, -0.15) is 0 Å². The van der Waals surface area contributed by atoms with Gasteiger partial charge in [0.2, 0.25) is 0 Å². The standard InChI is InChI=1S/C21H23BrN4O3/c22-12-5-7-17(25-10-12)20(27)26-13-6-8-19-15(9-13)16(11-28-21(23)24)14-3-1-2-4-18(14)29-19/h5-10,14,16,18H,1-4,11H2,(H3,23,24)(H,26,27)/t14-,16?,18?/m0/s1. The van der Waals surface area contributed by atoms with E-state index in [1.165, 1.54) is 0 Å². The van der Waals surface area contributed by atoms with Crippen LogP contribution < -0.4 is 15.8 Å². The number of nitrogens with one attached hydrogen (secondary N) is 2. The first kappa shape index (κ1) is 19.7. The third kappa shape index (κ3) is 4.37. The van der Waals surface area contributed by atoms with Crippen LogP contribution in [0.2, 0.25) is 0 Å². The molecule has 1 fully saturated rings. The van der Waals surface area contributed by atoms with Gasteiger partial charge < -0.3 is 20.5 Å². The molecule has 1 aliphatic carbocycles. The van der Waals surface area contributed by atoms with Crippen LogP contribution in [-0.2, 0) is 4.74 Å². The summed E-state index contributed by atoms with van der Waals surface area (Å²) >= 11 is 3.32. The van der Waals surface area contributed by atoms with E-state index in [2.05, 4.69) is 26.2 Å². The van der Waals surface area contributed by atoms with E-state index in [0.717, 1.165) is 41.5 Å².